The summed E-state index contributed by atoms with van der Waals surface area (Å²) in [5, 5.41) is 0. The van der Waals surface area contributed by atoms with Crippen molar-refractivity contribution in [3.8, 4) is 0 Å². The monoisotopic (exact) mass is 276 g/mol. The van der Waals surface area contributed by atoms with Crippen molar-refractivity contribution in [3.05, 3.63) is 0 Å². The first-order chi connectivity index (χ1) is 9.08. The fraction of sp³-hybridized carbons (Fsp3) is 0.857. The van der Waals surface area contributed by atoms with Crippen molar-refractivity contribution in [2.45, 2.75) is 52.9 Å². The van der Waals surface area contributed by atoms with E-state index in [0.717, 1.165) is 19.3 Å². The minimum atomic E-state index is -1.29. The lowest BCUT2D eigenvalue weighted by atomic mass is 9.82. The molecule has 0 aliphatic carbocycles. The van der Waals surface area contributed by atoms with E-state index in [4.69, 9.17) is 9.47 Å². The highest BCUT2D eigenvalue weighted by atomic mass is 19.1. The van der Waals surface area contributed by atoms with Crippen LogP contribution >= 0.6 is 0 Å². The molecule has 0 heterocycles. The van der Waals surface area contributed by atoms with Crippen molar-refractivity contribution in [3.63, 3.8) is 0 Å². The zero-order valence-electron chi connectivity index (χ0n) is 12.2. The van der Waals surface area contributed by atoms with Gasteiger partial charge in [0.1, 0.15) is 13.3 Å². The van der Waals surface area contributed by atoms with Crippen molar-refractivity contribution >= 4 is 11.9 Å². The van der Waals surface area contributed by atoms with Gasteiger partial charge in [0, 0.05) is 0 Å². The smallest absolute Gasteiger partial charge is 0.323 e. The molecular formula is C14H25FO4. The Hall–Kier alpha value is -1.13. The van der Waals surface area contributed by atoms with Crippen molar-refractivity contribution < 1.29 is 23.5 Å². The highest BCUT2D eigenvalue weighted by Crippen LogP contribution is 2.30. The maximum atomic E-state index is 12.1. The molecule has 0 saturated carbocycles. The Morgan fingerprint density at radius 2 is 1.47 bits per heavy atom. The third kappa shape index (κ3) is 5.17. The van der Waals surface area contributed by atoms with Gasteiger partial charge in [0.2, 0.25) is 0 Å². The molecule has 0 aromatic carbocycles. The van der Waals surface area contributed by atoms with Crippen LogP contribution in [0.4, 0.5) is 4.39 Å². The molecule has 19 heavy (non-hydrogen) atoms. The number of esters is 2. The molecule has 0 aliphatic rings. The zero-order valence-corrected chi connectivity index (χ0v) is 12.2. The van der Waals surface area contributed by atoms with E-state index >= 15 is 0 Å². The quantitative estimate of drug-likeness (QED) is 0.349. The molecule has 5 heteroatoms. The molecule has 0 bridgehead atoms. The number of unbranched alkanes of at least 4 members (excludes halogenated alkanes) is 2. The number of carbonyl (C=O) groups is 2. The van der Waals surface area contributed by atoms with E-state index < -0.39 is 24.0 Å². The van der Waals surface area contributed by atoms with Crippen LogP contribution in [0.3, 0.4) is 0 Å². The molecule has 0 N–H and O–H groups in total. The summed E-state index contributed by atoms with van der Waals surface area (Å²) < 4.78 is 22.0. The molecule has 0 spiro atoms. The van der Waals surface area contributed by atoms with E-state index in [1.165, 1.54) is 0 Å². The van der Waals surface area contributed by atoms with Gasteiger partial charge in [0.05, 0.1) is 6.61 Å². The van der Waals surface area contributed by atoms with E-state index in [9.17, 15) is 14.0 Å². The molecule has 0 aromatic heterocycles. The SMILES string of the molecule is CCCCCOC(=O)C(CC)(CC)C(=O)OCCF. The van der Waals surface area contributed by atoms with Crippen LogP contribution in [0.15, 0.2) is 0 Å². The Bertz CT molecular complexity index is 275. The summed E-state index contributed by atoms with van der Waals surface area (Å²) in [6.07, 6.45) is 3.38. The van der Waals surface area contributed by atoms with Gasteiger partial charge in [-0.3, -0.25) is 9.59 Å². The van der Waals surface area contributed by atoms with E-state index in [1.54, 1.807) is 13.8 Å². The average molecular weight is 276 g/mol. The molecule has 0 amide bonds. The highest BCUT2D eigenvalue weighted by Gasteiger charge is 2.45. The molecule has 0 saturated heterocycles. The topological polar surface area (TPSA) is 52.6 Å². The Kier molecular flexibility index (Phi) is 9.17. The average Bonchev–Trinajstić information content (AvgIpc) is 2.43. The second-order valence-electron chi connectivity index (χ2n) is 4.46. The van der Waals surface area contributed by atoms with Gasteiger partial charge in [0.15, 0.2) is 5.41 Å². The molecule has 0 fully saturated rings. The fourth-order valence-corrected chi connectivity index (χ4v) is 1.84. The van der Waals surface area contributed by atoms with Gasteiger partial charge in [0.25, 0.3) is 0 Å². The van der Waals surface area contributed by atoms with Gasteiger partial charge in [-0.2, -0.15) is 0 Å². The number of hydrogen-bond acceptors (Lipinski definition) is 4. The predicted molar refractivity (Wildman–Crippen MR) is 70.4 cm³/mol. The molecule has 4 nitrogen and oxygen atoms in total. The molecule has 0 radical (unpaired) electrons. The van der Waals surface area contributed by atoms with Crippen LogP contribution in [0, 0.1) is 5.41 Å². The third-order valence-electron chi connectivity index (χ3n) is 3.28. The predicted octanol–water partition coefficient (Wildman–Crippen LogP) is 3.04. The summed E-state index contributed by atoms with van der Waals surface area (Å²) in [6.45, 7) is 4.76. The molecule has 0 unspecified atom stereocenters. The van der Waals surface area contributed by atoms with E-state index in [-0.39, 0.29) is 6.61 Å². The van der Waals surface area contributed by atoms with Crippen LogP contribution in [0.5, 0.6) is 0 Å². The summed E-state index contributed by atoms with van der Waals surface area (Å²) in [6, 6.07) is 0. The van der Waals surface area contributed by atoms with E-state index in [1.807, 2.05) is 0 Å². The maximum absolute atomic E-state index is 12.1. The van der Waals surface area contributed by atoms with E-state index in [0.29, 0.717) is 19.4 Å². The van der Waals surface area contributed by atoms with Gasteiger partial charge in [-0.1, -0.05) is 33.6 Å². The first kappa shape index (κ1) is 17.9. The summed E-state index contributed by atoms with van der Waals surface area (Å²) in [7, 11) is 0. The molecule has 0 aliphatic heterocycles. The van der Waals surface area contributed by atoms with Gasteiger partial charge in [-0.05, 0) is 19.3 Å². The first-order valence-corrected chi connectivity index (χ1v) is 6.99. The van der Waals surface area contributed by atoms with Crippen LogP contribution in [0.1, 0.15) is 52.9 Å². The van der Waals surface area contributed by atoms with Crippen LogP contribution in [-0.4, -0.2) is 31.8 Å². The van der Waals surface area contributed by atoms with Gasteiger partial charge >= 0.3 is 11.9 Å². The lowest BCUT2D eigenvalue weighted by molar-refractivity contribution is -0.173. The second kappa shape index (κ2) is 9.75. The van der Waals surface area contributed by atoms with Crippen molar-refractivity contribution in [2.24, 2.45) is 5.41 Å². The number of rotatable bonds is 10. The van der Waals surface area contributed by atoms with Crippen LogP contribution in [0.2, 0.25) is 0 Å². The normalized spacial score (nSPS) is 11.2. The Labute approximate surface area is 114 Å². The summed E-state index contributed by atoms with van der Waals surface area (Å²) in [4.78, 5) is 24.0. The Morgan fingerprint density at radius 3 is 1.89 bits per heavy atom. The first-order valence-electron chi connectivity index (χ1n) is 6.99. The zero-order chi connectivity index (χ0) is 14.7. The number of ether oxygens (including phenoxy) is 2. The number of halogens is 1. The lowest BCUT2D eigenvalue weighted by Crippen LogP contribution is -2.41. The molecular weight excluding hydrogens is 251 g/mol. The Balaban J connectivity index is 4.57. The minimum Gasteiger partial charge on any atom is -0.465 e. The molecule has 0 atom stereocenters. The van der Waals surface area contributed by atoms with Crippen molar-refractivity contribution in [2.75, 3.05) is 19.9 Å². The summed E-state index contributed by atoms with van der Waals surface area (Å²) >= 11 is 0. The van der Waals surface area contributed by atoms with Crippen LogP contribution in [0.25, 0.3) is 0 Å². The number of alkyl halides is 1. The molecule has 0 rings (SSSR count). The highest BCUT2D eigenvalue weighted by molar-refractivity contribution is 5.99. The van der Waals surface area contributed by atoms with Crippen LogP contribution in [-0.2, 0) is 19.1 Å². The largest absolute Gasteiger partial charge is 0.465 e. The standard InChI is InChI=1S/C14H25FO4/c1-4-7-8-10-18-12(16)14(5-2,6-3)13(17)19-11-9-15/h4-11H2,1-3H3. The van der Waals surface area contributed by atoms with Crippen molar-refractivity contribution in [1.29, 1.82) is 0 Å². The maximum Gasteiger partial charge on any atom is 0.323 e. The third-order valence-corrected chi connectivity index (χ3v) is 3.28. The minimum absolute atomic E-state index is 0.293. The number of carbonyl (C=O) groups excluding carboxylic acids is 2. The Morgan fingerprint density at radius 1 is 0.947 bits per heavy atom. The van der Waals surface area contributed by atoms with E-state index in [2.05, 4.69) is 6.92 Å². The second-order valence-corrected chi connectivity index (χ2v) is 4.46. The van der Waals surface area contributed by atoms with Gasteiger partial charge in [-0.25, -0.2) is 4.39 Å². The van der Waals surface area contributed by atoms with Crippen molar-refractivity contribution in [1.82, 2.24) is 0 Å². The summed E-state index contributed by atoms with van der Waals surface area (Å²) in [5.41, 5.74) is -1.29. The summed E-state index contributed by atoms with van der Waals surface area (Å²) in [5.74, 6) is -1.24. The molecule has 112 valence electrons. The van der Waals surface area contributed by atoms with Gasteiger partial charge < -0.3 is 9.47 Å². The lowest BCUT2D eigenvalue weighted by Gasteiger charge is -2.26. The van der Waals surface area contributed by atoms with Gasteiger partial charge in [-0.15, -0.1) is 0 Å². The fourth-order valence-electron chi connectivity index (χ4n) is 1.84. The van der Waals surface area contributed by atoms with Crippen LogP contribution < -0.4 is 0 Å². The molecule has 0 aromatic rings. The number of hydrogen-bond donors (Lipinski definition) is 0.